The number of fused-ring (bicyclic) bond motifs is 1. The highest BCUT2D eigenvalue weighted by atomic mass is 16.5. The minimum absolute atomic E-state index is 0.624. The summed E-state index contributed by atoms with van der Waals surface area (Å²) in [5.74, 6) is 2.61. The number of aryl methyl sites for hydroxylation is 2. The number of pyridine rings is 2. The number of rotatable bonds is 5. The van der Waals surface area contributed by atoms with Crippen molar-refractivity contribution in [2.45, 2.75) is 13.8 Å². The number of ether oxygens (including phenoxy) is 3. The Hall–Kier alpha value is -3.60. The molecule has 0 aliphatic carbocycles. The molecule has 0 atom stereocenters. The second kappa shape index (κ2) is 7.80. The number of hydrogen-bond acceptors (Lipinski definition) is 5. The molecule has 2 aromatic heterocycles. The Labute approximate surface area is 169 Å². The van der Waals surface area contributed by atoms with Gasteiger partial charge in [0.05, 0.1) is 19.7 Å². The van der Waals surface area contributed by atoms with Crippen LogP contribution in [-0.2, 0) is 0 Å². The maximum atomic E-state index is 6.35. The predicted octanol–water partition coefficient (Wildman–Crippen LogP) is 5.72. The van der Waals surface area contributed by atoms with Crippen LogP contribution in [0, 0.1) is 13.8 Å². The summed E-state index contributed by atoms with van der Waals surface area (Å²) in [5.41, 5.74) is 4.68. The topological polar surface area (TPSA) is 53.5 Å². The maximum Gasteiger partial charge on any atom is 0.162 e. The first-order chi connectivity index (χ1) is 14.1. The average Bonchev–Trinajstić information content (AvgIpc) is 2.74. The summed E-state index contributed by atoms with van der Waals surface area (Å²) < 4.78 is 17.2. The summed E-state index contributed by atoms with van der Waals surface area (Å²) >= 11 is 0. The zero-order valence-corrected chi connectivity index (χ0v) is 16.9. The highest BCUT2D eigenvalue weighted by molar-refractivity contribution is 5.88. The lowest BCUT2D eigenvalue weighted by atomic mass is 10.1. The van der Waals surface area contributed by atoms with Crippen LogP contribution in [0.3, 0.4) is 0 Å². The Kier molecular flexibility index (Phi) is 5.04. The Balaban J connectivity index is 1.84. The van der Waals surface area contributed by atoms with Crippen molar-refractivity contribution in [1.82, 2.24) is 9.97 Å². The molecule has 0 amide bonds. The van der Waals surface area contributed by atoms with Crippen molar-refractivity contribution in [3.8, 4) is 34.3 Å². The molecule has 0 fully saturated rings. The van der Waals surface area contributed by atoms with Gasteiger partial charge in [0.1, 0.15) is 11.4 Å². The van der Waals surface area contributed by atoms with Gasteiger partial charge in [0.25, 0.3) is 0 Å². The lowest BCUT2D eigenvalue weighted by molar-refractivity contribution is 0.355. The molecular weight excluding hydrogens is 364 g/mol. The van der Waals surface area contributed by atoms with E-state index in [0.717, 1.165) is 27.9 Å². The number of aromatic nitrogens is 2. The molecule has 0 bridgehead atoms. The van der Waals surface area contributed by atoms with E-state index >= 15 is 0 Å². The molecular formula is C24H22N2O3. The minimum atomic E-state index is 0.624. The largest absolute Gasteiger partial charge is 0.493 e. The zero-order chi connectivity index (χ0) is 20.4. The molecule has 5 heteroatoms. The molecule has 0 spiro atoms. The van der Waals surface area contributed by atoms with Gasteiger partial charge in [0.2, 0.25) is 0 Å². The van der Waals surface area contributed by atoms with Gasteiger partial charge < -0.3 is 14.2 Å². The van der Waals surface area contributed by atoms with Gasteiger partial charge in [0.15, 0.2) is 17.2 Å². The molecule has 0 unspecified atom stereocenters. The first-order valence-corrected chi connectivity index (χ1v) is 9.32. The summed E-state index contributed by atoms with van der Waals surface area (Å²) in [6, 6.07) is 17.7. The van der Waals surface area contributed by atoms with Crippen molar-refractivity contribution in [3.63, 3.8) is 0 Å². The molecule has 0 saturated carbocycles. The van der Waals surface area contributed by atoms with Crippen molar-refractivity contribution in [2.24, 2.45) is 0 Å². The van der Waals surface area contributed by atoms with E-state index in [4.69, 9.17) is 19.2 Å². The van der Waals surface area contributed by atoms with Crippen molar-refractivity contribution >= 4 is 10.9 Å². The van der Waals surface area contributed by atoms with E-state index in [1.54, 1.807) is 20.4 Å². The van der Waals surface area contributed by atoms with Crippen molar-refractivity contribution in [3.05, 3.63) is 72.1 Å². The van der Waals surface area contributed by atoms with Gasteiger partial charge in [-0.15, -0.1) is 0 Å². The Bertz CT molecular complexity index is 1190. The van der Waals surface area contributed by atoms with E-state index in [2.05, 4.69) is 24.0 Å². The predicted molar refractivity (Wildman–Crippen MR) is 114 cm³/mol. The van der Waals surface area contributed by atoms with Gasteiger partial charge in [-0.2, -0.15) is 0 Å². The quantitative estimate of drug-likeness (QED) is 0.439. The van der Waals surface area contributed by atoms with Crippen LogP contribution in [0.1, 0.15) is 11.3 Å². The van der Waals surface area contributed by atoms with E-state index in [1.807, 2.05) is 49.4 Å². The molecule has 2 heterocycles. The van der Waals surface area contributed by atoms with Crippen molar-refractivity contribution in [1.29, 1.82) is 0 Å². The summed E-state index contributed by atoms with van der Waals surface area (Å²) in [4.78, 5) is 9.18. The molecule has 0 radical (unpaired) electrons. The second-order valence-electron chi connectivity index (χ2n) is 6.80. The van der Waals surface area contributed by atoms with Crippen LogP contribution in [0.25, 0.3) is 22.2 Å². The van der Waals surface area contributed by atoms with E-state index in [9.17, 15) is 0 Å². The van der Waals surface area contributed by atoms with Crippen molar-refractivity contribution in [2.75, 3.05) is 14.2 Å². The maximum absolute atomic E-state index is 6.35. The summed E-state index contributed by atoms with van der Waals surface area (Å²) in [5, 5.41) is 0.834. The summed E-state index contributed by atoms with van der Waals surface area (Å²) in [7, 11) is 3.22. The molecule has 4 aromatic rings. The van der Waals surface area contributed by atoms with Gasteiger partial charge in [-0.1, -0.05) is 23.8 Å². The molecule has 29 heavy (non-hydrogen) atoms. The number of hydrogen-bond donors (Lipinski definition) is 0. The highest BCUT2D eigenvalue weighted by Gasteiger charge is 2.14. The van der Waals surface area contributed by atoms with E-state index in [0.29, 0.717) is 23.0 Å². The van der Waals surface area contributed by atoms with Crippen LogP contribution >= 0.6 is 0 Å². The molecule has 4 rings (SSSR count). The lowest BCUT2D eigenvalue weighted by Gasteiger charge is -2.15. The molecule has 146 valence electrons. The summed E-state index contributed by atoms with van der Waals surface area (Å²) in [6.45, 7) is 4.04. The van der Waals surface area contributed by atoms with Crippen LogP contribution in [0.2, 0.25) is 0 Å². The first kappa shape index (κ1) is 18.7. The Morgan fingerprint density at radius 2 is 1.55 bits per heavy atom. The zero-order valence-electron chi connectivity index (χ0n) is 16.9. The van der Waals surface area contributed by atoms with Crippen LogP contribution in [0.15, 0.2) is 60.8 Å². The van der Waals surface area contributed by atoms with Crippen LogP contribution in [0.5, 0.6) is 23.0 Å². The normalized spacial score (nSPS) is 10.8. The van der Waals surface area contributed by atoms with Crippen LogP contribution < -0.4 is 14.2 Å². The fraction of sp³-hybridized carbons (Fsp3) is 0.167. The molecule has 0 N–H and O–H groups in total. The molecule has 0 saturated heterocycles. The number of benzene rings is 2. The number of nitrogens with zero attached hydrogens (tertiary/aromatic N) is 2. The second-order valence-corrected chi connectivity index (χ2v) is 6.80. The standard InChI is InChI=1S/C24H22N2O3/c1-15-6-5-7-17(12-15)24-21(9-8-16(2)26-24)29-20-10-11-25-19-14-23(28-4)22(27-3)13-18(19)20/h5-14H,1-4H3. The van der Waals surface area contributed by atoms with Crippen LogP contribution in [0.4, 0.5) is 0 Å². The first-order valence-electron chi connectivity index (χ1n) is 9.32. The third kappa shape index (κ3) is 3.72. The molecule has 0 aliphatic heterocycles. The monoisotopic (exact) mass is 386 g/mol. The van der Waals surface area contributed by atoms with Gasteiger partial charge in [-0.05, 0) is 44.2 Å². The lowest BCUT2D eigenvalue weighted by Crippen LogP contribution is -1.96. The fourth-order valence-corrected chi connectivity index (χ4v) is 3.28. The fourth-order valence-electron chi connectivity index (χ4n) is 3.28. The van der Waals surface area contributed by atoms with Crippen molar-refractivity contribution < 1.29 is 14.2 Å². The highest BCUT2D eigenvalue weighted by Crippen LogP contribution is 2.39. The van der Waals surface area contributed by atoms with Crippen LogP contribution in [-0.4, -0.2) is 24.2 Å². The van der Waals surface area contributed by atoms with Gasteiger partial charge in [-0.25, -0.2) is 4.98 Å². The SMILES string of the molecule is COc1cc2nccc(Oc3ccc(C)nc3-c3cccc(C)c3)c2cc1OC. The van der Waals surface area contributed by atoms with Gasteiger partial charge >= 0.3 is 0 Å². The molecule has 2 aromatic carbocycles. The van der Waals surface area contributed by atoms with Gasteiger partial charge in [-0.3, -0.25) is 4.98 Å². The Morgan fingerprint density at radius 1 is 0.759 bits per heavy atom. The minimum Gasteiger partial charge on any atom is -0.493 e. The third-order valence-electron chi connectivity index (χ3n) is 4.72. The van der Waals surface area contributed by atoms with E-state index in [1.165, 1.54) is 5.56 Å². The summed E-state index contributed by atoms with van der Waals surface area (Å²) in [6.07, 6.45) is 1.72. The van der Waals surface area contributed by atoms with Gasteiger partial charge in [0, 0.05) is 28.9 Å². The van der Waals surface area contributed by atoms with E-state index in [-0.39, 0.29) is 0 Å². The Morgan fingerprint density at radius 3 is 2.31 bits per heavy atom. The third-order valence-corrected chi connectivity index (χ3v) is 4.72. The average molecular weight is 386 g/mol. The molecule has 0 aliphatic rings. The smallest absolute Gasteiger partial charge is 0.162 e. The number of methoxy groups -OCH3 is 2. The molecule has 5 nitrogen and oxygen atoms in total. The van der Waals surface area contributed by atoms with E-state index < -0.39 is 0 Å².